The SMILES string of the molecule is Cc1cccc(Cn2nc(C(C)C)c(S(=O)(=O)Cl)c2Cl)c1. The molecule has 0 aliphatic carbocycles. The van der Waals surface area contributed by atoms with Gasteiger partial charge in [0.15, 0.2) is 0 Å². The van der Waals surface area contributed by atoms with Crippen LogP contribution in [0, 0.1) is 6.92 Å². The Bertz CT molecular complexity index is 767. The van der Waals surface area contributed by atoms with Crippen molar-refractivity contribution in [2.24, 2.45) is 0 Å². The van der Waals surface area contributed by atoms with Crippen LogP contribution in [0.3, 0.4) is 0 Å². The fourth-order valence-corrected chi connectivity index (χ4v) is 4.04. The van der Waals surface area contributed by atoms with E-state index in [-0.39, 0.29) is 16.0 Å². The van der Waals surface area contributed by atoms with E-state index in [4.69, 9.17) is 22.3 Å². The number of nitrogens with zero attached hydrogens (tertiary/aromatic N) is 2. The first-order valence-electron chi connectivity index (χ1n) is 6.46. The van der Waals surface area contributed by atoms with Gasteiger partial charge in [-0.25, -0.2) is 13.1 Å². The standard InChI is InChI=1S/C14H16Cl2N2O2S/c1-9(2)12-13(21(16,19)20)14(15)18(17-12)8-11-6-4-5-10(3)7-11/h4-7,9H,8H2,1-3H3. The molecule has 0 atom stereocenters. The lowest BCUT2D eigenvalue weighted by Crippen LogP contribution is -2.03. The molecule has 4 nitrogen and oxygen atoms in total. The van der Waals surface area contributed by atoms with Crippen LogP contribution in [0.25, 0.3) is 0 Å². The Morgan fingerprint density at radius 3 is 2.48 bits per heavy atom. The minimum absolute atomic E-state index is 0.0511. The lowest BCUT2D eigenvalue weighted by atomic mass is 10.1. The molecule has 0 bridgehead atoms. The van der Waals surface area contributed by atoms with Gasteiger partial charge >= 0.3 is 0 Å². The van der Waals surface area contributed by atoms with Crippen molar-refractivity contribution in [3.8, 4) is 0 Å². The Morgan fingerprint density at radius 2 is 2.00 bits per heavy atom. The van der Waals surface area contributed by atoms with Crippen LogP contribution >= 0.6 is 22.3 Å². The third-order valence-electron chi connectivity index (χ3n) is 3.08. The van der Waals surface area contributed by atoms with Gasteiger partial charge in [0.2, 0.25) is 0 Å². The molecule has 0 spiro atoms. The van der Waals surface area contributed by atoms with Gasteiger partial charge in [-0.2, -0.15) is 5.10 Å². The molecule has 0 saturated heterocycles. The number of aromatic nitrogens is 2. The maximum Gasteiger partial charge on any atom is 0.266 e. The highest BCUT2D eigenvalue weighted by molar-refractivity contribution is 8.13. The fourth-order valence-electron chi connectivity index (χ4n) is 2.13. The van der Waals surface area contributed by atoms with Gasteiger partial charge in [0.1, 0.15) is 10.0 Å². The van der Waals surface area contributed by atoms with Crippen molar-refractivity contribution >= 4 is 31.3 Å². The molecule has 7 heteroatoms. The molecule has 2 aromatic rings. The molecule has 1 heterocycles. The van der Waals surface area contributed by atoms with Crippen molar-refractivity contribution in [3.05, 3.63) is 46.2 Å². The summed E-state index contributed by atoms with van der Waals surface area (Å²) >= 11 is 6.18. The van der Waals surface area contributed by atoms with Crippen LogP contribution in [-0.4, -0.2) is 18.2 Å². The predicted octanol–water partition coefficient (Wildman–Crippen LogP) is 3.94. The molecule has 0 aliphatic rings. The van der Waals surface area contributed by atoms with Crippen molar-refractivity contribution in [1.29, 1.82) is 0 Å². The fraction of sp³-hybridized carbons (Fsp3) is 0.357. The zero-order valence-electron chi connectivity index (χ0n) is 12.0. The molecule has 21 heavy (non-hydrogen) atoms. The molecular formula is C14H16Cl2N2O2S. The van der Waals surface area contributed by atoms with Crippen LogP contribution < -0.4 is 0 Å². The maximum absolute atomic E-state index is 11.7. The first-order valence-corrected chi connectivity index (χ1v) is 9.15. The summed E-state index contributed by atoms with van der Waals surface area (Å²) in [6, 6.07) is 7.86. The predicted molar refractivity (Wildman–Crippen MR) is 84.6 cm³/mol. The van der Waals surface area contributed by atoms with Gasteiger partial charge in [0.25, 0.3) is 9.05 Å². The molecule has 0 radical (unpaired) electrons. The Labute approximate surface area is 134 Å². The second-order valence-electron chi connectivity index (χ2n) is 5.24. The van der Waals surface area contributed by atoms with Crippen molar-refractivity contribution in [1.82, 2.24) is 9.78 Å². The summed E-state index contributed by atoms with van der Waals surface area (Å²) in [5.41, 5.74) is 2.50. The third kappa shape index (κ3) is 3.59. The minimum atomic E-state index is -3.93. The molecular weight excluding hydrogens is 331 g/mol. The molecule has 1 aromatic heterocycles. The second kappa shape index (κ2) is 5.99. The van der Waals surface area contributed by atoms with Gasteiger partial charge in [-0.05, 0) is 18.4 Å². The summed E-state index contributed by atoms with van der Waals surface area (Å²) in [5.74, 6) is -0.0928. The van der Waals surface area contributed by atoms with Crippen molar-refractivity contribution in [2.75, 3.05) is 0 Å². The summed E-state index contributed by atoms with van der Waals surface area (Å²) in [4.78, 5) is -0.0894. The van der Waals surface area contributed by atoms with Crippen LogP contribution in [0.1, 0.15) is 36.6 Å². The molecule has 1 aromatic carbocycles. The van der Waals surface area contributed by atoms with Gasteiger partial charge in [-0.3, -0.25) is 0 Å². The number of hydrogen-bond acceptors (Lipinski definition) is 3. The van der Waals surface area contributed by atoms with E-state index in [2.05, 4.69) is 5.10 Å². The summed E-state index contributed by atoms with van der Waals surface area (Å²) < 4.78 is 24.9. The topological polar surface area (TPSA) is 52.0 Å². The third-order valence-corrected chi connectivity index (χ3v) is 4.93. The van der Waals surface area contributed by atoms with E-state index < -0.39 is 9.05 Å². The number of benzene rings is 1. The van der Waals surface area contributed by atoms with Crippen LogP contribution in [0.2, 0.25) is 5.15 Å². The van der Waals surface area contributed by atoms with Gasteiger partial charge in [-0.15, -0.1) is 0 Å². The maximum atomic E-state index is 11.7. The molecule has 0 amide bonds. The quantitative estimate of drug-likeness (QED) is 0.787. The van der Waals surface area contributed by atoms with E-state index in [0.29, 0.717) is 12.2 Å². The second-order valence-corrected chi connectivity index (χ2v) is 8.11. The summed E-state index contributed by atoms with van der Waals surface area (Å²) in [6.45, 7) is 6.08. The molecule has 2 rings (SSSR count). The van der Waals surface area contributed by atoms with E-state index in [9.17, 15) is 8.42 Å². The number of hydrogen-bond donors (Lipinski definition) is 0. The largest absolute Gasteiger partial charge is 0.266 e. The van der Waals surface area contributed by atoms with Gasteiger partial charge < -0.3 is 0 Å². The molecule has 114 valence electrons. The first kappa shape index (κ1) is 16.3. The van der Waals surface area contributed by atoms with E-state index >= 15 is 0 Å². The van der Waals surface area contributed by atoms with Crippen LogP contribution in [0.5, 0.6) is 0 Å². The van der Waals surface area contributed by atoms with E-state index in [1.807, 2.05) is 45.0 Å². The first-order chi connectivity index (χ1) is 9.70. The van der Waals surface area contributed by atoms with Crippen molar-refractivity contribution in [2.45, 2.75) is 38.1 Å². The van der Waals surface area contributed by atoms with Gasteiger partial charge in [-0.1, -0.05) is 55.3 Å². The number of rotatable bonds is 4. The molecule has 0 saturated carbocycles. The average Bonchev–Trinajstić information content (AvgIpc) is 2.67. The van der Waals surface area contributed by atoms with Crippen molar-refractivity contribution < 1.29 is 8.42 Å². The Morgan fingerprint density at radius 1 is 1.33 bits per heavy atom. The Balaban J connectivity index is 2.51. The zero-order chi connectivity index (χ0) is 15.8. The summed E-state index contributed by atoms with van der Waals surface area (Å²) in [5, 5.41) is 4.37. The van der Waals surface area contributed by atoms with E-state index in [1.54, 1.807) is 0 Å². The van der Waals surface area contributed by atoms with E-state index in [1.165, 1.54) is 4.68 Å². The number of aryl methyl sites for hydroxylation is 1. The highest BCUT2D eigenvalue weighted by Gasteiger charge is 2.27. The highest BCUT2D eigenvalue weighted by atomic mass is 35.7. The summed E-state index contributed by atoms with van der Waals surface area (Å²) in [7, 11) is 1.56. The Kier molecular flexibility index (Phi) is 4.66. The average molecular weight is 347 g/mol. The van der Waals surface area contributed by atoms with Crippen LogP contribution in [0.15, 0.2) is 29.2 Å². The summed E-state index contributed by atoms with van der Waals surface area (Å²) in [6.07, 6.45) is 0. The molecule has 0 fully saturated rings. The molecule has 0 N–H and O–H groups in total. The minimum Gasteiger partial charge on any atom is -0.248 e. The normalized spacial score (nSPS) is 12.1. The lowest BCUT2D eigenvalue weighted by molar-refractivity contribution is 0.607. The molecule has 0 unspecified atom stereocenters. The number of halogens is 2. The molecule has 0 aliphatic heterocycles. The monoisotopic (exact) mass is 346 g/mol. The van der Waals surface area contributed by atoms with Gasteiger partial charge in [0.05, 0.1) is 12.2 Å². The Hall–Kier alpha value is -1.04. The smallest absolute Gasteiger partial charge is 0.248 e. The van der Waals surface area contributed by atoms with E-state index in [0.717, 1.165) is 11.1 Å². The highest BCUT2D eigenvalue weighted by Crippen LogP contribution is 2.32. The zero-order valence-corrected chi connectivity index (χ0v) is 14.3. The van der Waals surface area contributed by atoms with Gasteiger partial charge in [0, 0.05) is 10.7 Å². The van der Waals surface area contributed by atoms with Crippen molar-refractivity contribution in [3.63, 3.8) is 0 Å². The van der Waals surface area contributed by atoms with Crippen LogP contribution in [-0.2, 0) is 15.6 Å². The van der Waals surface area contributed by atoms with Crippen LogP contribution in [0.4, 0.5) is 0 Å². The lowest BCUT2D eigenvalue weighted by Gasteiger charge is -2.04.